The van der Waals surface area contributed by atoms with E-state index in [1.807, 2.05) is 32.8 Å². The molecular formula is C33H41FN6O4. The van der Waals surface area contributed by atoms with Crippen LogP contribution in [-0.2, 0) is 11.8 Å². The third-order valence-corrected chi connectivity index (χ3v) is 7.53. The van der Waals surface area contributed by atoms with Gasteiger partial charge in [-0.3, -0.25) is 28.1 Å². The topological polar surface area (TPSA) is 110 Å². The maximum absolute atomic E-state index is 14.9. The summed E-state index contributed by atoms with van der Waals surface area (Å²) in [7, 11) is 5.39. The van der Waals surface area contributed by atoms with Gasteiger partial charge >= 0.3 is 5.69 Å². The van der Waals surface area contributed by atoms with E-state index < -0.39 is 22.6 Å². The number of amides is 1. The molecule has 4 aromatic rings. The molecule has 0 spiro atoms. The van der Waals surface area contributed by atoms with Crippen LogP contribution < -0.4 is 27.4 Å². The molecule has 44 heavy (non-hydrogen) atoms. The van der Waals surface area contributed by atoms with Crippen LogP contribution in [0.3, 0.4) is 0 Å². The molecule has 10 nitrogen and oxygen atoms in total. The van der Waals surface area contributed by atoms with Crippen LogP contribution >= 0.6 is 0 Å². The molecule has 0 unspecified atom stereocenters. The van der Waals surface area contributed by atoms with Crippen molar-refractivity contribution in [1.29, 1.82) is 0 Å². The minimum atomic E-state index is -0.576. The van der Waals surface area contributed by atoms with Gasteiger partial charge in [-0.1, -0.05) is 26.0 Å². The fraction of sp³-hybridized carbons (Fsp3) is 0.394. The highest BCUT2D eigenvalue weighted by Crippen LogP contribution is 2.34. The Kier molecular flexibility index (Phi) is 9.88. The number of aromatic nitrogens is 3. The lowest BCUT2D eigenvalue weighted by Gasteiger charge is -2.21. The van der Waals surface area contributed by atoms with Crippen molar-refractivity contribution < 1.29 is 9.18 Å². The molecule has 1 saturated carbocycles. The molecule has 1 amide bonds. The van der Waals surface area contributed by atoms with Gasteiger partial charge in [0.05, 0.1) is 16.9 Å². The lowest BCUT2D eigenvalue weighted by atomic mass is 10.1. The fourth-order valence-corrected chi connectivity index (χ4v) is 5.21. The summed E-state index contributed by atoms with van der Waals surface area (Å²) in [6.45, 7) is 8.10. The number of benzene rings is 2. The lowest BCUT2D eigenvalue weighted by Crippen LogP contribution is -2.41. The summed E-state index contributed by atoms with van der Waals surface area (Å²) in [5, 5.41) is 5.95. The molecule has 1 fully saturated rings. The van der Waals surface area contributed by atoms with Crippen LogP contribution in [0.15, 0.2) is 56.8 Å². The van der Waals surface area contributed by atoms with E-state index in [2.05, 4.69) is 10.6 Å². The monoisotopic (exact) mass is 604 g/mol. The molecule has 234 valence electrons. The van der Waals surface area contributed by atoms with E-state index in [9.17, 15) is 23.6 Å². The Morgan fingerprint density at radius 1 is 1.02 bits per heavy atom. The van der Waals surface area contributed by atoms with Crippen LogP contribution in [-0.4, -0.2) is 45.1 Å². The second kappa shape index (κ2) is 13.4. The molecule has 11 heteroatoms. The molecule has 2 aromatic heterocycles. The van der Waals surface area contributed by atoms with Gasteiger partial charge in [0.2, 0.25) is 5.91 Å². The molecular weight excluding hydrogens is 563 g/mol. The number of nitrogens with zero attached hydrogens (tertiary/aromatic N) is 4. The largest absolute Gasteiger partial charge is 0.338 e. The third-order valence-electron chi connectivity index (χ3n) is 7.53. The van der Waals surface area contributed by atoms with Crippen LogP contribution in [0.1, 0.15) is 56.7 Å². The maximum Gasteiger partial charge on any atom is 0.336 e. The summed E-state index contributed by atoms with van der Waals surface area (Å²) in [4.78, 5) is 56.0. The molecule has 0 bridgehead atoms. The number of nitrogens with one attached hydrogen (secondary N) is 2. The summed E-state index contributed by atoms with van der Waals surface area (Å²) in [6, 6.07) is 11.1. The van der Waals surface area contributed by atoms with Crippen molar-refractivity contribution in [3.8, 4) is 5.69 Å². The van der Waals surface area contributed by atoms with Gasteiger partial charge in [-0.05, 0) is 89.6 Å². The zero-order chi connectivity index (χ0) is 32.3. The Bertz CT molecular complexity index is 1880. The van der Waals surface area contributed by atoms with Gasteiger partial charge in [-0.2, -0.15) is 0 Å². The normalized spacial score (nSPS) is 12.7. The predicted molar refractivity (Wildman–Crippen MR) is 174 cm³/mol. The molecule has 0 saturated heterocycles. The number of carbonyl (C=O) groups is 1. The summed E-state index contributed by atoms with van der Waals surface area (Å²) < 4.78 is 18.8. The van der Waals surface area contributed by atoms with Crippen molar-refractivity contribution in [2.24, 2.45) is 7.05 Å². The number of carbonyl (C=O) groups excluding carboxylic acids is 1. The highest BCUT2D eigenvalue weighted by molar-refractivity contribution is 5.94. The first-order valence-corrected chi connectivity index (χ1v) is 15.0. The SMILES string of the molecule is CC.Cc1ccc(Nc2c3c(=O)n(C4CC4)c(=O)n(-c4cccc(NC(=O)CCCN(C)C)c4)c3c(C)c(=O)n2C)c(F)c1. The minimum Gasteiger partial charge on any atom is -0.338 e. The van der Waals surface area contributed by atoms with Gasteiger partial charge in [0.15, 0.2) is 0 Å². The summed E-state index contributed by atoms with van der Waals surface area (Å²) >= 11 is 0. The Hall–Kier alpha value is -4.51. The predicted octanol–water partition coefficient (Wildman–Crippen LogP) is 4.99. The van der Waals surface area contributed by atoms with Crippen molar-refractivity contribution in [1.82, 2.24) is 18.6 Å². The summed E-state index contributed by atoms with van der Waals surface area (Å²) in [5.41, 5.74) is 0.431. The van der Waals surface area contributed by atoms with Gasteiger partial charge in [-0.15, -0.1) is 0 Å². The van der Waals surface area contributed by atoms with Gasteiger partial charge < -0.3 is 15.5 Å². The number of halogens is 1. The first kappa shape index (κ1) is 32.4. The molecule has 2 aromatic carbocycles. The Morgan fingerprint density at radius 3 is 2.36 bits per heavy atom. The number of hydrogen-bond acceptors (Lipinski definition) is 6. The van der Waals surface area contributed by atoms with E-state index in [4.69, 9.17) is 0 Å². The number of hydrogen-bond donors (Lipinski definition) is 2. The first-order chi connectivity index (χ1) is 21.0. The Labute approximate surface area is 255 Å². The van der Waals surface area contributed by atoms with Crippen LogP contribution in [0.4, 0.5) is 21.6 Å². The number of fused-ring (bicyclic) bond motifs is 1. The summed E-state index contributed by atoms with van der Waals surface area (Å²) in [5.74, 6) is -0.617. The third kappa shape index (κ3) is 6.52. The van der Waals surface area contributed by atoms with Gasteiger partial charge in [0, 0.05) is 30.8 Å². The van der Waals surface area contributed by atoms with E-state index in [0.29, 0.717) is 37.1 Å². The number of anilines is 3. The Morgan fingerprint density at radius 2 is 1.73 bits per heavy atom. The van der Waals surface area contributed by atoms with Crippen molar-refractivity contribution in [2.75, 3.05) is 31.3 Å². The van der Waals surface area contributed by atoms with E-state index in [1.54, 1.807) is 50.2 Å². The standard InChI is InChI=1S/C31H35FN6O4.C2H6/c1-18-11-14-24(23(32)16-18)34-28-26-27(19(2)29(40)36(28)5)37(31(42)38(30(26)41)21-12-13-21)22-9-6-8-20(17-22)33-25(39)10-7-15-35(3)4;1-2/h6,8-9,11,14,16-17,21,34H,7,10,12-13,15H2,1-5H3,(H,33,39);1-2H3. The smallest absolute Gasteiger partial charge is 0.336 e. The van der Waals surface area contributed by atoms with E-state index in [0.717, 1.165) is 12.1 Å². The molecule has 0 radical (unpaired) electrons. The van der Waals surface area contributed by atoms with Crippen LogP contribution in [0.2, 0.25) is 0 Å². The minimum absolute atomic E-state index is 0.0850. The zero-order valence-electron chi connectivity index (χ0n) is 26.5. The van der Waals surface area contributed by atoms with Crippen LogP contribution in [0.25, 0.3) is 16.6 Å². The highest BCUT2D eigenvalue weighted by atomic mass is 19.1. The number of pyridine rings is 1. The maximum atomic E-state index is 14.9. The lowest BCUT2D eigenvalue weighted by molar-refractivity contribution is -0.116. The molecule has 2 heterocycles. The van der Waals surface area contributed by atoms with E-state index in [-0.39, 0.29) is 39.9 Å². The average molecular weight is 605 g/mol. The van der Waals surface area contributed by atoms with Crippen molar-refractivity contribution in [3.05, 3.63) is 90.6 Å². The molecule has 0 aliphatic heterocycles. The molecule has 2 N–H and O–H groups in total. The second-order valence-corrected chi connectivity index (χ2v) is 11.2. The fourth-order valence-electron chi connectivity index (χ4n) is 5.21. The van der Waals surface area contributed by atoms with E-state index in [1.165, 1.54) is 26.8 Å². The average Bonchev–Trinajstić information content (AvgIpc) is 3.81. The van der Waals surface area contributed by atoms with Crippen molar-refractivity contribution in [2.45, 2.75) is 59.4 Å². The van der Waals surface area contributed by atoms with Crippen molar-refractivity contribution in [3.63, 3.8) is 0 Å². The van der Waals surface area contributed by atoms with Gasteiger partial charge in [0.25, 0.3) is 11.1 Å². The van der Waals surface area contributed by atoms with Crippen LogP contribution in [0, 0.1) is 19.7 Å². The molecule has 0 atom stereocenters. The molecule has 1 aliphatic rings. The zero-order valence-corrected chi connectivity index (χ0v) is 26.5. The van der Waals surface area contributed by atoms with Gasteiger partial charge in [0.1, 0.15) is 17.0 Å². The molecule has 1 aliphatic carbocycles. The van der Waals surface area contributed by atoms with Crippen LogP contribution in [0.5, 0.6) is 0 Å². The quantitative estimate of drug-likeness (QED) is 0.279. The second-order valence-electron chi connectivity index (χ2n) is 11.2. The number of rotatable bonds is 9. The first-order valence-electron chi connectivity index (χ1n) is 15.0. The van der Waals surface area contributed by atoms with Gasteiger partial charge in [-0.25, -0.2) is 9.18 Å². The molecule has 5 rings (SSSR count). The van der Waals surface area contributed by atoms with Crippen molar-refractivity contribution >= 4 is 34.0 Å². The van der Waals surface area contributed by atoms with E-state index >= 15 is 0 Å². The Balaban J connectivity index is 0.00000216. The number of aryl methyl sites for hydroxylation is 2. The summed E-state index contributed by atoms with van der Waals surface area (Å²) in [6.07, 6.45) is 2.36. The highest BCUT2D eigenvalue weighted by Gasteiger charge is 2.31.